The van der Waals surface area contributed by atoms with Crippen LogP contribution in [0, 0.1) is 12.7 Å². The smallest absolute Gasteiger partial charge is 0.348 e. The van der Waals surface area contributed by atoms with E-state index < -0.39 is 34.8 Å². The van der Waals surface area contributed by atoms with Gasteiger partial charge in [0.25, 0.3) is 5.91 Å². The first-order valence-electron chi connectivity index (χ1n) is 14.7. The molecular formula is C32H34FN5O7S2. The number of aromatic nitrogens is 3. The Morgan fingerprint density at radius 3 is 2.34 bits per heavy atom. The van der Waals surface area contributed by atoms with Crippen LogP contribution in [0.15, 0.2) is 53.7 Å². The molecule has 248 valence electrons. The highest BCUT2D eigenvalue weighted by Crippen LogP contribution is 2.35. The lowest BCUT2D eigenvalue weighted by Crippen LogP contribution is -2.25. The molecule has 0 aliphatic rings. The van der Waals surface area contributed by atoms with Crippen LogP contribution in [0.2, 0.25) is 0 Å². The quantitative estimate of drug-likeness (QED) is 0.127. The Kier molecular flexibility index (Phi) is 12.1. The lowest BCUT2D eigenvalue weighted by Gasteiger charge is -2.15. The van der Waals surface area contributed by atoms with Gasteiger partial charge in [0.1, 0.15) is 21.4 Å². The second-order valence-electron chi connectivity index (χ2n) is 9.80. The van der Waals surface area contributed by atoms with E-state index >= 15 is 0 Å². The normalized spacial score (nSPS) is 11.4. The Labute approximate surface area is 279 Å². The summed E-state index contributed by atoms with van der Waals surface area (Å²) in [6, 6.07) is 12.4. The number of ether oxygens (including phenoxy) is 3. The van der Waals surface area contributed by atoms with Crippen molar-refractivity contribution in [1.82, 2.24) is 20.1 Å². The molecule has 0 saturated carbocycles. The van der Waals surface area contributed by atoms with Crippen LogP contribution in [0.25, 0.3) is 5.69 Å². The number of nitrogens with zero attached hydrogens (tertiary/aromatic N) is 3. The zero-order valence-electron chi connectivity index (χ0n) is 26.4. The van der Waals surface area contributed by atoms with Crippen LogP contribution in [-0.4, -0.2) is 63.6 Å². The maximum absolute atomic E-state index is 13.7. The van der Waals surface area contributed by atoms with Gasteiger partial charge in [-0.1, -0.05) is 17.8 Å². The molecule has 15 heteroatoms. The van der Waals surface area contributed by atoms with Gasteiger partial charge in [0.2, 0.25) is 5.91 Å². The highest BCUT2D eigenvalue weighted by atomic mass is 32.2. The van der Waals surface area contributed by atoms with Crippen LogP contribution in [-0.2, 0) is 20.8 Å². The molecule has 0 radical (unpaired) electrons. The minimum Gasteiger partial charge on any atom is -0.494 e. The summed E-state index contributed by atoms with van der Waals surface area (Å²) in [6.45, 7) is 9.13. The van der Waals surface area contributed by atoms with Crippen LogP contribution >= 0.6 is 23.1 Å². The second-order valence-corrected chi connectivity index (χ2v) is 12.1. The number of esters is 2. The van der Waals surface area contributed by atoms with Crippen LogP contribution in [0.1, 0.15) is 69.5 Å². The summed E-state index contributed by atoms with van der Waals surface area (Å²) >= 11 is 2.02. The molecule has 0 bridgehead atoms. The molecule has 2 N–H and O–H groups in total. The van der Waals surface area contributed by atoms with Crippen LogP contribution in [0.5, 0.6) is 5.75 Å². The van der Waals surface area contributed by atoms with E-state index in [-0.39, 0.29) is 40.8 Å². The Morgan fingerprint density at radius 1 is 0.979 bits per heavy atom. The van der Waals surface area contributed by atoms with E-state index in [0.717, 1.165) is 29.2 Å². The maximum atomic E-state index is 13.7. The predicted molar refractivity (Wildman–Crippen MR) is 175 cm³/mol. The average Bonchev–Trinajstić information content (AvgIpc) is 3.60. The first kappa shape index (κ1) is 35.1. The Bertz CT molecular complexity index is 1760. The summed E-state index contributed by atoms with van der Waals surface area (Å²) in [4.78, 5) is 51.7. The van der Waals surface area contributed by atoms with Crippen molar-refractivity contribution in [2.75, 3.05) is 25.1 Å². The minimum atomic E-state index is -0.765. The van der Waals surface area contributed by atoms with Gasteiger partial charge in [-0.15, -0.1) is 21.5 Å². The number of hydrogen-bond donors (Lipinski definition) is 2. The molecule has 2 heterocycles. The topological polar surface area (TPSA) is 151 Å². The Morgan fingerprint density at radius 2 is 1.68 bits per heavy atom. The number of amides is 2. The fourth-order valence-electron chi connectivity index (χ4n) is 4.37. The number of carbonyl (C=O) groups excluding carboxylic acids is 4. The number of rotatable bonds is 14. The van der Waals surface area contributed by atoms with E-state index in [9.17, 15) is 23.6 Å². The number of carbonyl (C=O) groups is 4. The SMILES string of the molecule is CCOC(=O)c1sc(NC(=O)[C@H](C)Sc2nnc(CNC(=O)c3cccc(F)c3)n2-c2ccc(OCC)cc2)c(C(=O)OCC)c1C. The molecule has 0 unspecified atom stereocenters. The van der Waals surface area contributed by atoms with Crippen LogP contribution < -0.4 is 15.4 Å². The molecule has 2 aromatic heterocycles. The van der Waals surface area contributed by atoms with Crippen molar-refractivity contribution in [3.05, 3.63) is 81.7 Å². The number of anilines is 1. The highest BCUT2D eigenvalue weighted by Gasteiger charge is 2.29. The highest BCUT2D eigenvalue weighted by molar-refractivity contribution is 8.00. The van der Waals surface area contributed by atoms with Crippen molar-refractivity contribution in [2.24, 2.45) is 0 Å². The summed E-state index contributed by atoms with van der Waals surface area (Å²) in [5, 5.41) is 13.8. The number of thiophene rings is 1. The molecule has 2 amide bonds. The lowest BCUT2D eigenvalue weighted by atomic mass is 10.1. The van der Waals surface area contributed by atoms with Gasteiger partial charge in [0, 0.05) is 11.3 Å². The third-order valence-corrected chi connectivity index (χ3v) is 8.81. The molecule has 4 rings (SSSR count). The van der Waals surface area contributed by atoms with Crippen LogP contribution in [0.3, 0.4) is 0 Å². The van der Waals surface area contributed by atoms with Gasteiger partial charge in [0.15, 0.2) is 11.0 Å². The van der Waals surface area contributed by atoms with E-state index in [1.54, 1.807) is 56.5 Å². The number of benzene rings is 2. The zero-order valence-corrected chi connectivity index (χ0v) is 28.1. The molecule has 0 fully saturated rings. The summed E-state index contributed by atoms with van der Waals surface area (Å²) in [5.41, 5.74) is 1.22. The fourth-order valence-corrected chi connectivity index (χ4v) is 6.34. The molecule has 0 spiro atoms. The molecule has 1 atom stereocenters. The van der Waals surface area contributed by atoms with Crippen molar-refractivity contribution < 1.29 is 37.8 Å². The van der Waals surface area contributed by atoms with Crippen molar-refractivity contribution >= 4 is 51.9 Å². The van der Waals surface area contributed by atoms with Gasteiger partial charge in [0.05, 0.1) is 37.2 Å². The van der Waals surface area contributed by atoms with Gasteiger partial charge in [-0.05, 0) is 82.6 Å². The lowest BCUT2D eigenvalue weighted by molar-refractivity contribution is -0.115. The maximum Gasteiger partial charge on any atom is 0.348 e. The average molecular weight is 684 g/mol. The van der Waals surface area contributed by atoms with Gasteiger partial charge in [-0.25, -0.2) is 14.0 Å². The van der Waals surface area contributed by atoms with Gasteiger partial charge in [-0.3, -0.25) is 14.2 Å². The van der Waals surface area contributed by atoms with Gasteiger partial charge >= 0.3 is 11.9 Å². The first-order valence-corrected chi connectivity index (χ1v) is 16.4. The number of thioether (sulfide) groups is 1. The summed E-state index contributed by atoms with van der Waals surface area (Å²) in [7, 11) is 0. The predicted octanol–water partition coefficient (Wildman–Crippen LogP) is 5.58. The molecule has 2 aromatic carbocycles. The van der Waals surface area contributed by atoms with Crippen molar-refractivity contribution in [3.8, 4) is 11.4 Å². The molecule has 4 aromatic rings. The molecule has 0 aliphatic carbocycles. The van der Waals surface area contributed by atoms with Crippen molar-refractivity contribution in [3.63, 3.8) is 0 Å². The van der Waals surface area contributed by atoms with Crippen molar-refractivity contribution in [2.45, 2.75) is 51.6 Å². The van der Waals surface area contributed by atoms with E-state index in [4.69, 9.17) is 14.2 Å². The van der Waals surface area contributed by atoms with E-state index in [1.807, 2.05) is 6.92 Å². The summed E-state index contributed by atoms with van der Waals surface area (Å²) in [5.74, 6) is -1.79. The number of nitrogens with one attached hydrogen (secondary N) is 2. The largest absolute Gasteiger partial charge is 0.494 e. The zero-order chi connectivity index (χ0) is 34.1. The third-order valence-electron chi connectivity index (χ3n) is 6.58. The van der Waals surface area contributed by atoms with Gasteiger partial charge in [-0.2, -0.15) is 0 Å². The second kappa shape index (κ2) is 16.2. The Hall–Kier alpha value is -4.76. The monoisotopic (exact) mass is 683 g/mol. The molecule has 12 nitrogen and oxygen atoms in total. The molecule has 0 aliphatic heterocycles. The van der Waals surface area contributed by atoms with E-state index in [1.165, 1.54) is 18.2 Å². The number of hydrogen-bond acceptors (Lipinski definition) is 11. The van der Waals surface area contributed by atoms with Gasteiger partial charge < -0.3 is 24.8 Å². The van der Waals surface area contributed by atoms with Crippen LogP contribution in [0.4, 0.5) is 9.39 Å². The fraction of sp³-hybridized carbons (Fsp3) is 0.312. The van der Waals surface area contributed by atoms with Crippen molar-refractivity contribution in [1.29, 1.82) is 0 Å². The summed E-state index contributed by atoms with van der Waals surface area (Å²) < 4.78 is 31.2. The first-order chi connectivity index (χ1) is 22.6. The minimum absolute atomic E-state index is 0.0509. The third kappa shape index (κ3) is 8.54. The molecular weight excluding hydrogens is 650 g/mol. The van der Waals surface area contributed by atoms with E-state index in [0.29, 0.717) is 34.6 Å². The molecule has 0 saturated heterocycles. The molecule has 47 heavy (non-hydrogen) atoms. The van der Waals surface area contributed by atoms with E-state index in [2.05, 4.69) is 20.8 Å². The standard InChI is InChI=1S/C32H34FN5O7S2/c1-6-43-23-14-12-22(13-15-23)38-24(17-34-28(40)20-10-9-11-21(33)16-20)36-37-32(38)46-19(5)27(39)35-29-25(30(41)44-7-2)18(4)26(47-29)31(42)45-8-3/h9-16,19H,6-8,17H2,1-5H3,(H,34,40)(H,35,39)/t19-/m0/s1. The number of halogens is 1. The Balaban J connectivity index is 1.60. The summed E-state index contributed by atoms with van der Waals surface area (Å²) in [6.07, 6.45) is 0.